The highest BCUT2D eigenvalue weighted by molar-refractivity contribution is 7.25. The Labute approximate surface area is 300 Å². The highest BCUT2D eigenvalue weighted by Gasteiger charge is 2.28. The summed E-state index contributed by atoms with van der Waals surface area (Å²) in [6, 6.07) is 41.5. The van der Waals surface area contributed by atoms with Crippen LogP contribution in [0.5, 0.6) is 0 Å². The van der Waals surface area contributed by atoms with Crippen molar-refractivity contribution in [2.24, 2.45) is 0 Å². The number of para-hydroxylation sites is 1. The molecule has 8 aromatic rings. The molecule has 246 valence electrons. The van der Waals surface area contributed by atoms with E-state index in [2.05, 4.69) is 154 Å². The standard InChI is InChI=1S/C46H43BN2S/c1-6-7-8-13-29-18-23-40-37(25-29)47-44-36(24-28(2)43-33-15-9-11-16-39(33)49(40)45(43)44)34-26-35-32-14-10-12-17-41(32)50-42(35)27-38(34)48-31-21-19-30(20-22-31)46(3,4)5/h9-12,14-27,47-48H,6-8,13H2,1-5H3. The van der Waals surface area contributed by atoms with E-state index in [1.807, 2.05) is 11.3 Å². The van der Waals surface area contributed by atoms with Crippen LogP contribution in [-0.4, -0.2) is 11.8 Å². The van der Waals surface area contributed by atoms with E-state index in [1.165, 1.54) is 106 Å². The second kappa shape index (κ2) is 11.9. The Kier molecular flexibility index (Phi) is 7.44. The average molecular weight is 667 g/mol. The SMILES string of the molecule is CCCCCc1ccc2c(c1)Bc1c(-c3cc4c(cc3Nc3ccc(C(C)(C)C)cc3)sc3ccccc34)cc(C)c3c4ccccc4n-2c13. The lowest BCUT2D eigenvalue weighted by Crippen LogP contribution is -2.37. The molecule has 9 rings (SSSR count). The Balaban J connectivity index is 1.30. The summed E-state index contributed by atoms with van der Waals surface area (Å²) in [4.78, 5) is 0. The average Bonchev–Trinajstić information content (AvgIpc) is 3.66. The van der Waals surface area contributed by atoms with Gasteiger partial charge in [0.25, 0.3) is 0 Å². The maximum absolute atomic E-state index is 3.92. The van der Waals surface area contributed by atoms with Gasteiger partial charge in [-0.15, -0.1) is 11.3 Å². The minimum absolute atomic E-state index is 0.111. The van der Waals surface area contributed by atoms with Gasteiger partial charge in [-0.25, -0.2) is 0 Å². The van der Waals surface area contributed by atoms with Gasteiger partial charge < -0.3 is 9.88 Å². The number of rotatable bonds is 7. The lowest BCUT2D eigenvalue weighted by molar-refractivity contribution is 0.590. The molecule has 0 spiro atoms. The monoisotopic (exact) mass is 666 g/mol. The van der Waals surface area contributed by atoms with Crippen LogP contribution in [0.3, 0.4) is 0 Å². The Morgan fingerprint density at radius 2 is 1.52 bits per heavy atom. The number of anilines is 2. The fourth-order valence-electron chi connectivity index (χ4n) is 8.33. The van der Waals surface area contributed by atoms with Gasteiger partial charge in [0.15, 0.2) is 7.28 Å². The molecule has 0 saturated heterocycles. The number of fused-ring (bicyclic) bond motifs is 8. The van der Waals surface area contributed by atoms with Gasteiger partial charge >= 0.3 is 0 Å². The molecule has 1 aliphatic heterocycles. The molecule has 2 nitrogen and oxygen atoms in total. The van der Waals surface area contributed by atoms with E-state index in [9.17, 15) is 0 Å². The van der Waals surface area contributed by atoms with E-state index < -0.39 is 0 Å². The summed E-state index contributed by atoms with van der Waals surface area (Å²) >= 11 is 1.88. The topological polar surface area (TPSA) is 17.0 Å². The minimum atomic E-state index is 0.111. The smallest absolute Gasteiger partial charge is 0.198 e. The fraction of sp³-hybridized carbons (Fsp3) is 0.217. The number of aryl methyl sites for hydroxylation is 2. The summed E-state index contributed by atoms with van der Waals surface area (Å²) in [6.07, 6.45) is 4.91. The maximum atomic E-state index is 3.92. The lowest BCUT2D eigenvalue weighted by atomic mass is 9.58. The van der Waals surface area contributed by atoms with Crippen LogP contribution in [0.15, 0.2) is 109 Å². The Morgan fingerprint density at radius 1 is 0.740 bits per heavy atom. The molecule has 4 heteroatoms. The fourth-order valence-corrected chi connectivity index (χ4v) is 9.46. The first-order valence-electron chi connectivity index (χ1n) is 18.3. The number of nitrogens with one attached hydrogen (secondary N) is 1. The van der Waals surface area contributed by atoms with Gasteiger partial charge in [-0.1, -0.05) is 113 Å². The van der Waals surface area contributed by atoms with Crippen molar-refractivity contribution in [1.82, 2.24) is 4.57 Å². The normalized spacial score (nSPS) is 12.6. The van der Waals surface area contributed by atoms with Crippen molar-refractivity contribution in [3.63, 3.8) is 0 Å². The van der Waals surface area contributed by atoms with Crippen LogP contribution in [0.1, 0.15) is 63.6 Å². The highest BCUT2D eigenvalue weighted by Crippen LogP contribution is 2.43. The molecule has 50 heavy (non-hydrogen) atoms. The molecule has 1 N–H and O–H groups in total. The summed E-state index contributed by atoms with van der Waals surface area (Å²) < 4.78 is 5.21. The molecule has 1 aliphatic rings. The number of benzene rings is 6. The third-order valence-electron chi connectivity index (χ3n) is 10.9. The van der Waals surface area contributed by atoms with Gasteiger partial charge in [-0.3, -0.25) is 0 Å². The summed E-state index contributed by atoms with van der Waals surface area (Å²) in [5.74, 6) is 0. The van der Waals surface area contributed by atoms with E-state index in [4.69, 9.17) is 0 Å². The second-order valence-corrected chi connectivity index (χ2v) is 16.4. The zero-order valence-corrected chi connectivity index (χ0v) is 30.6. The zero-order chi connectivity index (χ0) is 34.1. The van der Waals surface area contributed by atoms with Crippen LogP contribution < -0.4 is 16.2 Å². The Morgan fingerprint density at radius 3 is 2.32 bits per heavy atom. The molecule has 0 amide bonds. The molecule has 0 aliphatic carbocycles. The Bertz CT molecular complexity index is 2600. The summed E-state index contributed by atoms with van der Waals surface area (Å²) in [5, 5.41) is 9.30. The first-order valence-corrected chi connectivity index (χ1v) is 19.1. The molecule has 0 radical (unpaired) electrons. The second-order valence-electron chi connectivity index (χ2n) is 15.3. The summed E-state index contributed by atoms with van der Waals surface area (Å²) in [5.41, 5.74) is 15.9. The van der Waals surface area contributed by atoms with Gasteiger partial charge in [0.1, 0.15) is 0 Å². The van der Waals surface area contributed by atoms with Crippen LogP contribution in [0, 0.1) is 6.92 Å². The van der Waals surface area contributed by atoms with E-state index in [0.29, 0.717) is 0 Å². The van der Waals surface area contributed by atoms with Gasteiger partial charge in [0.2, 0.25) is 0 Å². The van der Waals surface area contributed by atoms with Crippen molar-refractivity contribution >= 4 is 82.9 Å². The predicted octanol–water partition coefficient (Wildman–Crippen LogP) is 11.6. The predicted molar refractivity (Wildman–Crippen MR) is 222 cm³/mol. The summed E-state index contributed by atoms with van der Waals surface area (Å²) in [7, 11) is 0.918. The first kappa shape index (κ1) is 31.2. The van der Waals surface area contributed by atoms with E-state index >= 15 is 0 Å². The minimum Gasteiger partial charge on any atom is -0.355 e. The largest absolute Gasteiger partial charge is 0.355 e. The number of nitrogens with zero attached hydrogens (tertiary/aromatic N) is 1. The van der Waals surface area contributed by atoms with E-state index in [-0.39, 0.29) is 5.41 Å². The van der Waals surface area contributed by atoms with Gasteiger partial charge in [-0.2, -0.15) is 0 Å². The molecule has 0 atom stereocenters. The number of thiophene rings is 1. The van der Waals surface area contributed by atoms with Crippen LogP contribution in [0.4, 0.5) is 11.4 Å². The lowest BCUT2D eigenvalue weighted by Gasteiger charge is -2.25. The molecular formula is C46H43BN2S. The first-order chi connectivity index (χ1) is 24.3. The number of unbranched alkanes of at least 4 members (excludes halogenated alkanes) is 2. The van der Waals surface area contributed by atoms with Gasteiger partial charge in [-0.05, 0) is 95.4 Å². The molecule has 2 aromatic heterocycles. The third kappa shape index (κ3) is 5.07. The van der Waals surface area contributed by atoms with Gasteiger partial charge in [0.05, 0.1) is 5.52 Å². The van der Waals surface area contributed by atoms with Crippen molar-refractivity contribution in [2.75, 3.05) is 5.32 Å². The third-order valence-corrected chi connectivity index (χ3v) is 12.0. The molecule has 0 fully saturated rings. The van der Waals surface area contributed by atoms with E-state index in [0.717, 1.165) is 25.1 Å². The number of hydrogen-bond donors (Lipinski definition) is 1. The Hall–Kier alpha value is -4.80. The van der Waals surface area contributed by atoms with E-state index in [1.54, 1.807) is 0 Å². The van der Waals surface area contributed by atoms with Crippen molar-refractivity contribution in [3.8, 4) is 16.8 Å². The highest BCUT2D eigenvalue weighted by atomic mass is 32.1. The van der Waals surface area contributed by atoms with Crippen LogP contribution in [0.2, 0.25) is 0 Å². The van der Waals surface area contributed by atoms with Gasteiger partial charge in [0, 0.05) is 59.1 Å². The maximum Gasteiger partial charge on any atom is 0.198 e. The number of aromatic nitrogens is 1. The molecule has 0 bridgehead atoms. The van der Waals surface area contributed by atoms with Crippen LogP contribution in [-0.2, 0) is 11.8 Å². The van der Waals surface area contributed by atoms with Crippen molar-refractivity contribution in [2.45, 2.75) is 65.7 Å². The molecule has 3 heterocycles. The molecule has 0 unspecified atom stereocenters. The van der Waals surface area contributed by atoms with Crippen LogP contribution >= 0.6 is 11.3 Å². The van der Waals surface area contributed by atoms with Crippen molar-refractivity contribution in [1.29, 1.82) is 0 Å². The number of hydrogen-bond acceptors (Lipinski definition) is 2. The zero-order valence-electron chi connectivity index (χ0n) is 29.8. The molecule has 0 saturated carbocycles. The van der Waals surface area contributed by atoms with Crippen LogP contribution in [0.25, 0.3) is 58.8 Å². The van der Waals surface area contributed by atoms with Crippen molar-refractivity contribution < 1.29 is 0 Å². The molecular weight excluding hydrogens is 623 g/mol. The summed E-state index contributed by atoms with van der Waals surface area (Å²) in [6.45, 7) is 11.4. The quantitative estimate of drug-likeness (QED) is 0.132. The van der Waals surface area contributed by atoms with Crippen molar-refractivity contribution in [3.05, 3.63) is 126 Å². The molecule has 6 aromatic carbocycles.